The van der Waals surface area contributed by atoms with Gasteiger partial charge in [-0.1, -0.05) is 60.2 Å². The molecule has 242 valence electrons. The van der Waals surface area contributed by atoms with E-state index in [4.69, 9.17) is 9.47 Å². The van der Waals surface area contributed by atoms with Crippen LogP contribution in [0.3, 0.4) is 0 Å². The summed E-state index contributed by atoms with van der Waals surface area (Å²) in [7, 11) is -1.51. The van der Waals surface area contributed by atoms with Gasteiger partial charge in [0.2, 0.25) is 11.8 Å². The maximum absolute atomic E-state index is 14.5. The van der Waals surface area contributed by atoms with E-state index in [0.717, 1.165) is 15.4 Å². The summed E-state index contributed by atoms with van der Waals surface area (Å²) in [4.78, 5) is 29.4. The number of amides is 2. The van der Waals surface area contributed by atoms with Crippen LogP contribution in [0.5, 0.6) is 11.5 Å². The number of carbonyl (C=O) groups excluding carboxylic acids is 2. The fourth-order valence-corrected chi connectivity index (χ4v) is 6.39. The number of rotatable bonds is 14. The molecule has 1 N–H and O–H groups in total. The van der Waals surface area contributed by atoms with Crippen LogP contribution >= 0.6 is 0 Å². The van der Waals surface area contributed by atoms with E-state index in [0.29, 0.717) is 17.9 Å². The van der Waals surface area contributed by atoms with Crippen LogP contribution in [0.15, 0.2) is 102 Å². The molecule has 11 heteroatoms. The number of ether oxygens (including phenoxy) is 2. The number of sulfonamides is 1. The lowest BCUT2D eigenvalue weighted by atomic mass is 10.0. The van der Waals surface area contributed by atoms with Gasteiger partial charge in [0, 0.05) is 25.6 Å². The van der Waals surface area contributed by atoms with Crippen LogP contribution in [0.2, 0.25) is 0 Å². The second kappa shape index (κ2) is 15.4. The molecular weight excluding hydrogens is 609 g/mol. The number of aryl methyl sites for hydroxylation is 1. The monoisotopic (exact) mass is 647 g/mol. The largest absolute Gasteiger partial charge is 0.497 e. The Hall–Kier alpha value is -4.90. The highest BCUT2D eigenvalue weighted by Gasteiger charge is 2.35. The Morgan fingerprint density at radius 1 is 0.870 bits per heavy atom. The molecule has 2 amide bonds. The Kier molecular flexibility index (Phi) is 11.4. The van der Waals surface area contributed by atoms with Crippen molar-refractivity contribution in [3.63, 3.8) is 0 Å². The van der Waals surface area contributed by atoms with Crippen LogP contribution < -0.4 is 19.1 Å². The van der Waals surface area contributed by atoms with Crippen LogP contribution in [0, 0.1) is 12.7 Å². The van der Waals surface area contributed by atoms with Gasteiger partial charge in [-0.2, -0.15) is 0 Å². The first-order valence-electron chi connectivity index (χ1n) is 14.7. The van der Waals surface area contributed by atoms with Crippen LogP contribution in [0.4, 0.5) is 10.1 Å². The summed E-state index contributed by atoms with van der Waals surface area (Å²) in [6.45, 7) is 3.17. The van der Waals surface area contributed by atoms with Gasteiger partial charge in [0.25, 0.3) is 10.0 Å². The summed E-state index contributed by atoms with van der Waals surface area (Å²) in [6.07, 6.45) is 0.160. The summed E-state index contributed by atoms with van der Waals surface area (Å²) >= 11 is 0. The van der Waals surface area contributed by atoms with Gasteiger partial charge in [0.05, 0.1) is 24.8 Å². The van der Waals surface area contributed by atoms with Gasteiger partial charge in [0.1, 0.15) is 29.9 Å². The Morgan fingerprint density at radius 2 is 1.54 bits per heavy atom. The number of hydrogen-bond acceptors (Lipinski definition) is 6. The maximum atomic E-state index is 14.5. The highest BCUT2D eigenvalue weighted by molar-refractivity contribution is 7.92. The van der Waals surface area contributed by atoms with E-state index in [2.05, 4.69) is 5.32 Å². The third kappa shape index (κ3) is 8.22. The summed E-state index contributed by atoms with van der Waals surface area (Å²) in [6, 6.07) is 24.7. The second-order valence-electron chi connectivity index (χ2n) is 10.6. The van der Waals surface area contributed by atoms with Crippen LogP contribution in [0.25, 0.3) is 0 Å². The molecule has 0 saturated carbocycles. The topological polar surface area (TPSA) is 105 Å². The van der Waals surface area contributed by atoms with Crippen molar-refractivity contribution in [2.75, 3.05) is 31.6 Å². The van der Waals surface area contributed by atoms with Gasteiger partial charge in [-0.25, -0.2) is 12.8 Å². The van der Waals surface area contributed by atoms with E-state index in [1.807, 2.05) is 37.3 Å². The lowest BCUT2D eigenvalue weighted by Crippen LogP contribution is -2.53. The van der Waals surface area contributed by atoms with Crippen molar-refractivity contribution in [1.29, 1.82) is 0 Å². The van der Waals surface area contributed by atoms with Crippen LogP contribution in [0.1, 0.15) is 23.6 Å². The number of likely N-dealkylation sites (N-methyl/N-ethyl adjacent to an activating group) is 1. The first kappa shape index (κ1) is 34.0. The average molecular weight is 648 g/mol. The summed E-state index contributed by atoms with van der Waals surface area (Å²) in [5, 5.41) is 2.81. The van der Waals surface area contributed by atoms with Crippen molar-refractivity contribution in [3.8, 4) is 11.5 Å². The first-order valence-corrected chi connectivity index (χ1v) is 16.2. The summed E-state index contributed by atoms with van der Waals surface area (Å²) < 4.78 is 54.3. The van der Waals surface area contributed by atoms with Crippen molar-refractivity contribution >= 4 is 27.5 Å². The highest BCUT2D eigenvalue weighted by Crippen LogP contribution is 2.36. The van der Waals surface area contributed by atoms with Crippen molar-refractivity contribution in [1.82, 2.24) is 10.2 Å². The Morgan fingerprint density at radius 3 is 2.15 bits per heavy atom. The minimum atomic E-state index is -4.35. The number of nitrogens with one attached hydrogen (secondary N) is 1. The number of carbonyl (C=O) groups is 2. The molecule has 0 bridgehead atoms. The number of nitrogens with zero attached hydrogens (tertiary/aromatic N) is 2. The number of hydrogen-bond donors (Lipinski definition) is 1. The molecule has 0 heterocycles. The fraction of sp³-hybridized carbons (Fsp3) is 0.257. The molecule has 4 aromatic carbocycles. The molecule has 9 nitrogen and oxygen atoms in total. The van der Waals surface area contributed by atoms with Crippen LogP contribution in [-0.4, -0.2) is 58.5 Å². The predicted octanol–water partition coefficient (Wildman–Crippen LogP) is 5.12. The molecule has 0 aliphatic rings. The van der Waals surface area contributed by atoms with Gasteiger partial charge in [-0.15, -0.1) is 0 Å². The van der Waals surface area contributed by atoms with Gasteiger partial charge < -0.3 is 19.7 Å². The molecule has 0 saturated heterocycles. The normalized spacial score (nSPS) is 11.8. The van der Waals surface area contributed by atoms with E-state index in [9.17, 15) is 22.4 Å². The Bertz CT molecular complexity index is 1730. The predicted molar refractivity (Wildman–Crippen MR) is 175 cm³/mol. The molecule has 0 aliphatic carbocycles. The van der Waals surface area contributed by atoms with Gasteiger partial charge in [-0.05, 0) is 61.4 Å². The van der Waals surface area contributed by atoms with Crippen molar-refractivity contribution in [3.05, 3.63) is 120 Å². The molecule has 0 radical (unpaired) electrons. The number of benzene rings is 4. The zero-order valence-corrected chi connectivity index (χ0v) is 27.1. The summed E-state index contributed by atoms with van der Waals surface area (Å²) in [5.74, 6) is -0.976. The quantitative estimate of drug-likeness (QED) is 0.204. The van der Waals surface area contributed by atoms with Gasteiger partial charge in [0.15, 0.2) is 0 Å². The minimum absolute atomic E-state index is 0.0366. The van der Waals surface area contributed by atoms with Crippen molar-refractivity contribution < 1.29 is 31.9 Å². The third-order valence-corrected chi connectivity index (χ3v) is 9.20. The molecule has 46 heavy (non-hydrogen) atoms. The second-order valence-corrected chi connectivity index (χ2v) is 12.5. The minimum Gasteiger partial charge on any atom is -0.497 e. The first-order chi connectivity index (χ1) is 22.1. The lowest BCUT2D eigenvalue weighted by molar-refractivity contribution is -0.140. The molecule has 1 atom stereocenters. The standard InChI is InChI=1S/C35H38FN3O6S/c1-5-37-35(41)32(21-26-9-7-6-8-10-26)38(23-27-13-15-28(36)16-14-27)34(40)24-39(31-22-29(44-3)17-20-33(31)45-4)46(42,43)30-18-11-25(2)12-19-30/h6-20,22,32H,5,21,23-24H2,1-4H3,(H,37,41). The zero-order chi connectivity index (χ0) is 33.3. The van der Waals surface area contributed by atoms with Crippen LogP contribution in [-0.2, 0) is 32.6 Å². The maximum Gasteiger partial charge on any atom is 0.264 e. The van der Waals surface area contributed by atoms with Gasteiger partial charge >= 0.3 is 0 Å². The fourth-order valence-electron chi connectivity index (χ4n) is 4.97. The van der Waals surface area contributed by atoms with Crippen molar-refractivity contribution in [2.24, 2.45) is 0 Å². The van der Waals surface area contributed by atoms with E-state index < -0.39 is 40.2 Å². The Labute approximate surface area is 269 Å². The smallest absolute Gasteiger partial charge is 0.264 e. The lowest BCUT2D eigenvalue weighted by Gasteiger charge is -2.34. The average Bonchev–Trinajstić information content (AvgIpc) is 3.06. The van der Waals surface area contributed by atoms with E-state index in [1.165, 1.54) is 61.6 Å². The summed E-state index contributed by atoms with van der Waals surface area (Å²) in [5.41, 5.74) is 2.30. The van der Waals surface area contributed by atoms with E-state index in [-0.39, 0.29) is 29.3 Å². The van der Waals surface area contributed by atoms with Crippen molar-refractivity contribution in [2.45, 2.75) is 37.8 Å². The molecule has 1 unspecified atom stereocenters. The molecule has 0 spiro atoms. The zero-order valence-electron chi connectivity index (χ0n) is 26.3. The van der Waals surface area contributed by atoms with E-state index in [1.54, 1.807) is 31.2 Å². The highest BCUT2D eigenvalue weighted by atomic mass is 32.2. The number of anilines is 1. The molecule has 4 rings (SSSR count). The number of halogens is 1. The third-order valence-electron chi connectivity index (χ3n) is 7.43. The van der Waals surface area contributed by atoms with E-state index >= 15 is 0 Å². The molecule has 0 fully saturated rings. The molecule has 0 aromatic heterocycles. The Balaban J connectivity index is 1.85. The molecular formula is C35H38FN3O6S. The molecule has 0 aliphatic heterocycles. The molecule has 4 aromatic rings. The SMILES string of the molecule is CCNC(=O)C(Cc1ccccc1)N(Cc1ccc(F)cc1)C(=O)CN(c1cc(OC)ccc1OC)S(=O)(=O)c1ccc(C)cc1. The van der Waals surface area contributed by atoms with Gasteiger partial charge in [-0.3, -0.25) is 13.9 Å². The number of methoxy groups -OCH3 is 2.